The Morgan fingerprint density at radius 3 is 2.65 bits per heavy atom. The molecule has 2 aromatic carbocycles. The van der Waals surface area contributed by atoms with Gasteiger partial charge in [0.1, 0.15) is 17.1 Å². The summed E-state index contributed by atoms with van der Waals surface area (Å²) in [5.74, 6) is 0.323. The number of hydrogen-bond acceptors (Lipinski definition) is 5. The molecule has 0 aliphatic rings. The average Bonchev–Trinajstić information content (AvgIpc) is 3.09. The van der Waals surface area contributed by atoms with Gasteiger partial charge in [-0.2, -0.15) is 0 Å². The number of ether oxygens (including phenoxy) is 1. The van der Waals surface area contributed by atoms with E-state index in [4.69, 9.17) is 15.7 Å². The number of nitrogens with two attached hydrogens (primary N) is 1. The lowest BCUT2D eigenvalue weighted by Gasteiger charge is -2.06. The molecule has 8 heteroatoms. The molecule has 8 nitrogen and oxygen atoms in total. The highest BCUT2D eigenvalue weighted by molar-refractivity contribution is 6.04. The standard InChI is InChI=1S/C18H18N4O4/c19-17(24)13-3-1-4-14-16(13)21-18(20-14)11-6-8-12(9-7-11)26-10-2-5-15(23)22-25/h1,3-4,6-9,25H,2,5,10H2,(H2,19,24)(H,20,21)(H,22,23). The van der Waals surface area contributed by atoms with Gasteiger partial charge in [-0.1, -0.05) is 6.07 Å². The minimum atomic E-state index is -0.521. The van der Waals surface area contributed by atoms with E-state index in [0.29, 0.717) is 35.7 Å². The number of hydrogen-bond donors (Lipinski definition) is 4. The number of carbonyl (C=O) groups is 2. The average molecular weight is 354 g/mol. The van der Waals surface area contributed by atoms with Crippen LogP contribution < -0.4 is 16.0 Å². The van der Waals surface area contributed by atoms with Crippen molar-refractivity contribution in [1.82, 2.24) is 15.4 Å². The van der Waals surface area contributed by atoms with Crippen molar-refractivity contribution in [2.75, 3.05) is 6.61 Å². The Hall–Kier alpha value is -3.39. The van der Waals surface area contributed by atoms with Gasteiger partial charge in [-0.15, -0.1) is 0 Å². The highest BCUT2D eigenvalue weighted by Crippen LogP contribution is 2.24. The monoisotopic (exact) mass is 354 g/mol. The third-order valence-corrected chi connectivity index (χ3v) is 3.85. The van der Waals surface area contributed by atoms with Crippen molar-refractivity contribution < 1.29 is 19.5 Å². The predicted molar refractivity (Wildman–Crippen MR) is 94.7 cm³/mol. The highest BCUT2D eigenvalue weighted by atomic mass is 16.5. The Morgan fingerprint density at radius 2 is 1.96 bits per heavy atom. The number of amides is 2. The van der Waals surface area contributed by atoms with E-state index >= 15 is 0 Å². The van der Waals surface area contributed by atoms with Crippen LogP contribution in [0.4, 0.5) is 0 Å². The van der Waals surface area contributed by atoms with E-state index in [-0.39, 0.29) is 6.42 Å². The molecule has 5 N–H and O–H groups in total. The summed E-state index contributed by atoms with van der Waals surface area (Å²) in [4.78, 5) is 30.1. The first kappa shape index (κ1) is 17.4. The molecule has 0 spiro atoms. The lowest BCUT2D eigenvalue weighted by Crippen LogP contribution is -2.18. The first-order valence-corrected chi connectivity index (χ1v) is 8.03. The van der Waals surface area contributed by atoms with Crippen LogP contribution in [0.2, 0.25) is 0 Å². The molecule has 1 aromatic heterocycles. The van der Waals surface area contributed by atoms with Crippen LogP contribution >= 0.6 is 0 Å². The molecule has 0 atom stereocenters. The number of benzene rings is 2. The van der Waals surface area contributed by atoms with Gasteiger partial charge in [-0.25, -0.2) is 10.5 Å². The number of imidazole rings is 1. The van der Waals surface area contributed by atoms with Crippen LogP contribution in [0.3, 0.4) is 0 Å². The van der Waals surface area contributed by atoms with Crippen LogP contribution in [-0.2, 0) is 4.79 Å². The van der Waals surface area contributed by atoms with Gasteiger partial charge in [0, 0.05) is 12.0 Å². The molecule has 134 valence electrons. The van der Waals surface area contributed by atoms with E-state index in [0.717, 1.165) is 11.1 Å². The van der Waals surface area contributed by atoms with Gasteiger partial charge >= 0.3 is 0 Å². The molecule has 0 aliphatic carbocycles. The van der Waals surface area contributed by atoms with Gasteiger partial charge in [0.2, 0.25) is 5.91 Å². The van der Waals surface area contributed by atoms with Gasteiger partial charge in [0.25, 0.3) is 5.91 Å². The van der Waals surface area contributed by atoms with Gasteiger partial charge in [0.15, 0.2) is 0 Å². The van der Waals surface area contributed by atoms with Crippen molar-refractivity contribution in [3.05, 3.63) is 48.0 Å². The van der Waals surface area contributed by atoms with Gasteiger partial charge < -0.3 is 15.5 Å². The quantitative estimate of drug-likeness (QED) is 0.293. The lowest BCUT2D eigenvalue weighted by molar-refractivity contribution is -0.129. The van der Waals surface area contributed by atoms with E-state index in [1.165, 1.54) is 0 Å². The zero-order valence-electron chi connectivity index (χ0n) is 13.9. The number of para-hydroxylation sites is 1. The number of carbonyl (C=O) groups excluding carboxylic acids is 2. The molecular formula is C18H18N4O4. The second-order valence-corrected chi connectivity index (χ2v) is 5.66. The fraction of sp³-hybridized carbons (Fsp3) is 0.167. The summed E-state index contributed by atoms with van der Waals surface area (Å²) in [5, 5.41) is 8.41. The number of H-pyrrole nitrogens is 1. The first-order valence-electron chi connectivity index (χ1n) is 8.03. The number of nitrogens with zero attached hydrogens (tertiary/aromatic N) is 1. The lowest BCUT2D eigenvalue weighted by atomic mass is 10.2. The maximum atomic E-state index is 11.5. The van der Waals surface area contributed by atoms with Crippen LogP contribution in [0.25, 0.3) is 22.4 Å². The molecule has 26 heavy (non-hydrogen) atoms. The second kappa shape index (κ2) is 7.66. The van der Waals surface area contributed by atoms with Gasteiger partial charge in [-0.05, 0) is 42.8 Å². The molecule has 0 saturated heterocycles. The summed E-state index contributed by atoms with van der Waals surface area (Å²) in [6, 6.07) is 12.5. The Balaban J connectivity index is 1.70. The van der Waals surface area contributed by atoms with Crippen molar-refractivity contribution in [3.63, 3.8) is 0 Å². The summed E-state index contributed by atoms with van der Waals surface area (Å²) in [6.45, 7) is 0.360. The Bertz CT molecular complexity index is 934. The SMILES string of the molecule is NC(=O)c1cccc2[nH]c(-c3ccc(OCCCC(=O)NO)cc3)nc12. The van der Waals surface area contributed by atoms with Crippen molar-refractivity contribution in [2.24, 2.45) is 5.73 Å². The Kier molecular flexibility index (Phi) is 5.14. The molecule has 0 fully saturated rings. The molecule has 0 saturated carbocycles. The molecule has 0 bridgehead atoms. The number of nitrogens with one attached hydrogen (secondary N) is 2. The topological polar surface area (TPSA) is 130 Å². The van der Waals surface area contributed by atoms with Crippen LogP contribution in [0.1, 0.15) is 23.2 Å². The molecule has 0 unspecified atom stereocenters. The summed E-state index contributed by atoms with van der Waals surface area (Å²) >= 11 is 0. The summed E-state index contributed by atoms with van der Waals surface area (Å²) in [6.07, 6.45) is 0.684. The smallest absolute Gasteiger partial charge is 0.250 e. The number of aromatic nitrogens is 2. The Labute approximate surface area is 148 Å². The molecule has 0 radical (unpaired) electrons. The van der Waals surface area contributed by atoms with Crippen molar-refractivity contribution >= 4 is 22.8 Å². The number of hydroxylamine groups is 1. The zero-order chi connectivity index (χ0) is 18.5. The maximum Gasteiger partial charge on any atom is 0.250 e. The molecule has 2 amide bonds. The predicted octanol–water partition coefficient (Wildman–Crippen LogP) is 1.99. The maximum absolute atomic E-state index is 11.5. The molecule has 3 rings (SSSR count). The second-order valence-electron chi connectivity index (χ2n) is 5.66. The highest BCUT2D eigenvalue weighted by Gasteiger charge is 2.12. The Morgan fingerprint density at radius 1 is 1.19 bits per heavy atom. The fourth-order valence-electron chi connectivity index (χ4n) is 2.56. The van der Waals surface area contributed by atoms with Crippen LogP contribution in [0.15, 0.2) is 42.5 Å². The van der Waals surface area contributed by atoms with Crippen LogP contribution in [0, 0.1) is 0 Å². The van der Waals surface area contributed by atoms with Gasteiger partial charge in [-0.3, -0.25) is 14.8 Å². The first-order chi connectivity index (χ1) is 12.6. The summed E-state index contributed by atoms with van der Waals surface area (Å²) < 4.78 is 5.55. The van der Waals surface area contributed by atoms with E-state index in [2.05, 4.69) is 9.97 Å². The third kappa shape index (κ3) is 3.81. The van der Waals surface area contributed by atoms with Crippen LogP contribution in [-0.4, -0.2) is 33.6 Å². The number of rotatable bonds is 7. The fourth-order valence-corrected chi connectivity index (χ4v) is 2.56. The molecule has 3 aromatic rings. The van der Waals surface area contributed by atoms with E-state index in [1.54, 1.807) is 29.7 Å². The molecule has 0 aliphatic heterocycles. The number of aromatic amines is 1. The number of fused-ring (bicyclic) bond motifs is 1. The largest absolute Gasteiger partial charge is 0.494 e. The molecular weight excluding hydrogens is 336 g/mol. The normalized spacial score (nSPS) is 10.7. The van der Waals surface area contributed by atoms with Crippen molar-refractivity contribution in [1.29, 1.82) is 0 Å². The van der Waals surface area contributed by atoms with Crippen molar-refractivity contribution in [2.45, 2.75) is 12.8 Å². The molecule has 1 heterocycles. The van der Waals surface area contributed by atoms with E-state index in [1.807, 2.05) is 18.2 Å². The van der Waals surface area contributed by atoms with Crippen molar-refractivity contribution in [3.8, 4) is 17.1 Å². The minimum absolute atomic E-state index is 0.190. The van der Waals surface area contributed by atoms with Crippen LogP contribution in [0.5, 0.6) is 5.75 Å². The third-order valence-electron chi connectivity index (χ3n) is 3.85. The van der Waals surface area contributed by atoms with Gasteiger partial charge in [0.05, 0.1) is 17.7 Å². The summed E-state index contributed by atoms with van der Waals surface area (Å²) in [5.41, 5.74) is 9.45. The van der Waals surface area contributed by atoms with E-state index in [9.17, 15) is 9.59 Å². The minimum Gasteiger partial charge on any atom is -0.494 e. The summed E-state index contributed by atoms with van der Waals surface area (Å²) in [7, 11) is 0. The van der Waals surface area contributed by atoms with E-state index < -0.39 is 11.8 Å². The zero-order valence-corrected chi connectivity index (χ0v) is 13.9. The number of primary amides is 1.